The molecule has 1 fully saturated rings. The number of hydrogen-bond acceptors (Lipinski definition) is 2. The molecule has 0 saturated heterocycles. The first kappa shape index (κ1) is 13.0. The summed E-state index contributed by atoms with van der Waals surface area (Å²) in [5.41, 5.74) is 0.369. The van der Waals surface area contributed by atoms with Crippen LogP contribution >= 0.6 is 43.2 Å². The Morgan fingerprint density at radius 2 is 2.00 bits per heavy atom. The van der Waals surface area contributed by atoms with Crippen LogP contribution < -0.4 is 0 Å². The lowest BCUT2D eigenvalue weighted by atomic mass is 9.75. The summed E-state index contributed by atoms with van der Waals surface area (Å²) >= 11 is 9.26. The molecular weight excluding hydrogens is 350 g/mol. The fourth-order valence-electron chi connectivity index (χ4n) is 2.67. The second kappa shape index (κ2) is 5.96. The molecule has 0 aromatic carbocycles. The van der Waals surface area contributed by atoms with Crippen LogP contribution in [-0.2, 0) is 6.42 Å². The van der Waals surface area contributed by atoms with Gasteiger partial charge in [0.2, 0.25) is 0 Å². The first-order valence-corrected chi connectivity index (χ1v) is 8.93. The van der Waals surface area contributed by atoms with Crippen LogP contribution in [0.15, 0.2) is 11.6 Å². The van der Waals surface area contributed by atoms with E-state index in [9.17, 15) is 0 Å². The standard InChI is InChI=1S/C12H17Br2NS/c13-8-12(9-14,10-3-1-2-4-10)7-11-15-5-6-16-11/h5-6,10H,1-4,7-9H2. The largest absolute Gasteiger partial charge is 0.250 e. The SMILES string of the molecule is BrCC(CBr)(Cc1nccs1)C1CCCC1. The fraction of sp³-hybridized carbons (Fsp3) is 0.750. The van der Waals surface area contributed by atoms with Crippen LogP contribution in [0.5, 0.6) is 0 Å². The van der Waals surface area contributed by atoms with E-state index in [-0.39, 0.29) is 0 Å². The number of alkyl halides is 2. The number of thiazole rings is 1. The molecule has 90 valence electrons. The van der Waals surface area contributed by atoms with Crippen LogP contribution in [0.3, 0.4) is 0 Å². The van der Waals surface area contributed by atoms with E-state index in [0.717, 1.165) is 23.0 Å². The van der Waals surface area contributed by atoms with Crippen LogP contribution in [0.25, 0.3) is 0 Å². The fourth-order valence-corrected chi connectivity index (χ4v) is 5.68. The molecule has 1 aliphatic rings. The van der Waals surface area contributed by atoms with Gasteiger partial charge in [0.25, 0.3) is 0 Å². The molecule has 1 aromatic rings. The molecule has 0 bridgehead atoms. The minimum absolute atomic E-state index is 0.369. The monoisotopic (exact) mass is 365 g/mol. The number of hydrogen-bond donors (Lipinski definition) is 0. The van der Waals surface area contributed by atoms with E-state index in [0.29, 0.717) is 5.41 Å². The number of halogens is 2. The molecule has 0 amide bonds. The lowest BCUT2D eigenvalue weighted by Gasteiger charge is -2.35. The maximum atomic E-state index is 4.45. The van der Waals surface area contributed by atoms with Gasteiger partial charge in [-0.25, -0.2) is 4.98 Å². The summed E-state index contributed by atoms with van der Waals surface area (Å²) in [4.78, 5) is 4.45. The van der Waals surface area contributed by atoms with E-state index in [1.54, 1.807) is 11.3 Å². The van der Waals surface area contributed by atoms with Crippen molar-refractivity contribution in [1.29, 1.82) is 0 Å². The van der Waals surface area contributed by atoms with Crippen LogP contribution in [0, 0.1) is 11.3 Å². The molecule has 16 heavy (non-hydrogen) atoms. The van der Waals surface area contributed by atoms with E-state index >= 15 is 0 Å². The van der Waals surface area contributed by atoms with Gasteiger partial charge in [-0.15, -0.1) is 11.3 Å². The topological polar surface area (TPSA) is 12.9 Å². The third kappa shape index (κ3) is 2.70. The molecule has 1 nitrogen and oxygen atoms in total. The molecule has 0 unspecified atom stereocenters. The molecule has 1 saturated carbocycles. The molecule has 0 N–H and O–H groups in total. The minimum Gasteiger partial charge on any atom is -0.250 e. The third-order valence-corrected chi connectivity index (χ3v) is 6.75. The van der Waals surface area contributed by atoms with Crippen LogP contribution in [0.2, 0.25) is 0 Å². The second-order valence-electron chi connectivity index (χ2n) is 4.71. The predicted octanol–water partition coefficient (Wildman–Crippen LogP) is 4.65. The molecule has 4 heteroatoms. The maximum absolute atomic E-state index is 4.45. The van der Waals surface area contributed by atoms with Crippen molar-refractivity contribution in [2.45, 2.75) is 32.1 Å². The molecule has 0 aliphatic heterocycles. The van der Waals surface area contributed by atoms with Crippen molar-refractivity contribution in [1.82, 2.24) is 4.98 Å². The van der Waals surface area contributed by atoms with Gasteiger partial charge >= 0.3 is 0 Å². The Labute approximate surface area is 118 Å². The van der Waals surface area contributed by atoms with Gasteiger partial charge in [-0.05, 0) is 24.2 Å². The highest BCUT2D eigenvalue weighted by Crippen LogP contribution is 2.44. The van der Waals surface area contributed by atoms with Gasteiger partial charge in [0.1, 0.15) is 0 Å². The summed E-state index contributed by atoms with van der Waals surface area (Å²) in [6.07, 6.45) is 8.63. The maximum Gasteiger partial charge on any atom is 0.0931 e. The molecule has 2 rings (SSSR count). The van der Waals surface area contributed by atoms with Gasteiger partial charge in [0.05, 0.1) is 5.01 Å². The summed E-state index contributed by atoms with van der Waals surface area (Å²) in [5.74, 6) is 0.857. The summed E-state index contributed by atoms with van der Waals surface area (Å²) in [6, 6.07) is 0. The quantitative estimate of drug-likeness (QED) is 0.691. The zero-order valence-corrected chi connectivity index (χ0v) is 13.3. The summed E-state index contributed by atoms with van der Waals surface area (Å²) in [6.45, 7) is 0. The van der Waals surface area contributed by atoms with Crippen LogP contribution in [-0.4, -0.2) is 15.6 Å². The van der Waals surface area contributed by atoms with Crippen molar-refractivity contribution in [2.75, 3.05) is 10.7 Å². The molecule has 0 atom stereocenters. The summed E-state index contributed by atoms with van der Waals surface area (Å²) in [5, 5.41) is 5.52. The Kier molecular flexibility index (Phi) is 4.86. The number of aromatic nitrogens is 1. The molecule has 1 aliphatic carbocycles. The zero-order valence-electron chi connectivity index (χ0n) is 9.29. The molecule has 1 heterocycles. The first-order chi connectivity index (χ1) is 7.80. The Morgan fingerprint density at radius 1 is 1.31 bits per heavy atom. The number of nitrogens with zero attached hydrogens (tertiary/aromatic N) is 1. The van der Waals surface area contributed by atoms with E-state index in [2.05, 4.69) is 42.2 Å². The van der Waals surface area contributed by atoms with Crippen molar-refractivity contribution in [2.24, 2.45) is 11.3 Å². The number of rotatable bonds is 5. The van der Waals surface area contributed by atoms with Gasteiger partial charge in [-0.1, -0.05) is 44.7 Å². The highest BCUT2D eigenvalue weighted by molar-refractivity contribution is 9.09. The van der Waals surface area contributed by atoms with Crippen molar-refractivity contribution in [3.63, 3.8) is 0 Å². The zero-order chi connectivity index (χ0) is 11.4. The predicted molar refractivity (Wildman–Crippen MR) is 77.8 cm³/mol. The minimum atomic E-state index is 0.369. The van der Waals surface area contributed by atoms with Gasteiger partial charge in [0, 0.05) is 28.7 Å². The average molecular weight is 367 g/mol. The van der Waals surface area contributed by atoms with Crippen molar-refractivity contribution in [3.05, 3.63) is 16.6 Å². The van der Waals surface area contributed by atoms with E-state index in [1.165, 1.54) is 30.7 Å². The lowest BCUT2D eigenvalue weighted by Crippen LogP contribution is -2.35. The highest BCUT2D eigenvalue weighted by atomic mass is 79.9. The van der Waals surface area contributed by atoms with Crippen molar-refractivity contribution < 1.29 is 0 Å². The molecule has 0 radical (unpaired) electrons. The van der Waals surface area contributed by atoms with Gasteiger partial charge in [-0.3, -0.25) is 0 Å². The molecule has 0 spiro atoms. The van der Waals surface area contributed by atoms with Crippen LogP contribution in [0.4, 0.5) is 0 Å². The molecule has 1 aromatic heterocycles. The van der Waals surface area contributed by atoms with Crippen molar-refractivity contribution >= 4 is 43.2 Å². The highest BCUT2D eigenvalue weighted by Gasteiger charge is 2.39. The summed E-state index contributed by atoms with van der Waals surface area (Å²) < 4.78 is 0. The molecular formula is C12H17Br2NS. The van der Waals surface area contributed by atoms with Gasteiger partial charge in [-0.2, -0.15) is 0 Å². The van der Waals surface area contributed by atoms with Gasteiger partial charge < -0.3 is 0 Å². The second-order valence-corrected chi connectivity index (χ2v) is 6.81. The van der Waals surface area contributed by atoms with Crippen molar-refractivity contribution in [3.8, 4) is 0 Å². The van der Waals surface area contributed by atoms with E-state index in [1.807, 2.05) is 6.20 Å². The Morgan fingerprint density at radius 3 is 2.50 bits per heavy atom. The van der Waals surface area contributed by atoms with Gasteiger partial charge in [0.15, 0.2) is 0 Å². The van der Waals surface area contributed by atoms with Crippen LogP contribution in [0.1, 0.15) is 30.7 Å². The lowest BCUT2D eigenvalue weighted by molar-refractivity contribution is 0.233. The smallest absolute Gasteiger partial charge is 0.0931 e. The Balaban J connectivity index is 2.13. The van der Waals surface area contributed by atoms with E-state index in [4.69, 9.17) is 0 Å². The third-order valence-electron chi connectivity index (χ3n) is 3.74. The Hall–Kier alpha value is 0.590. The summed E-state index contributed by atoms with van der Waals surface area (Å²) in [7, 11) is 0. The normalized spacial score (nSPS) is 18.1. The first-order valence-electron chi connectivity index (χ1n) is 5.81. The van der Waals surface area contributed by atoms with E-state index < -0.39 is 0 Å². The Bertz CT molecular complexity index is 303. The average Bonchev–Trinajstić information content (AvgIpc) is 2.99.